The van der Waals surface area contributed by atoms with Crippen LogP contribution < -0.4 is 0 Å². The third-order valence-corrected chi connectivity index (χ3v) is 2.94. The molecule has 0 saturated carbocycles. The van der Waals surface area contributed by atoms with Crippen molar-refractivity contribution in [3.8, 4) is 0 Å². The minimum absolute atomic E-state index is 0.215. The fourth-order valence-corrected chi connectivity index (χ4v) is 2.09. The second-order valence-electron chi connectivity index (χ2n) is 3.50. The van der Waals surface area contributed by atoms with Gasteiger partial charge in [0.1, 0.15) is 5.71 Å². The zero-order valence-corrected chi connectivity index (χ0v) is 8.79. The van der Waals surface area contributed by atoms with E-state index in [1.807, 2.05) is 0 Å². The van der Waals surface area contributed by atoms with Crippen LogP contribution in [0.3, 0.4) is 0 Å². The highest BCUT2D eigenvalue weighted by Gasteiger charge is 2.22. The predicted octanol–water partition coefficient (Wildman–Crippen LogP) is 2.69. The van der Waals surface area contributed by atoms with Gasteiger partial charge in [-0.3, -0.25) is 4.79 Å². The minimum Gasteiger partial charge on any atom is -0.411 e. The summed E-state index contributed by atoms with van der Waals surface area (Å²) in [6, 6.07) is 5.23. The normalized spacial score (nSPS) is 18.7. The zero-order valence-electron chi connectivity index (χ0n) is 8.03. The molecule has 0 fully saturated rings. The lowest BCUT2D eigenvalue weighted by molar-refractivity contribution is 0.106. The van der Waals surface area contributed by atoms with Crippen molar-refractivity contribution in [2.45, 2.75) is 19.3 Å². The van der Waals surface area contributed by atoms with Gasteiger partial charge >= 0.3 is 0 Å². The molecule has 3 nitrogen and oxygen atoms in total. The van der Waals surface area contributed by atoms with E-state index in [0.717, 1.165) is 18.4 Å². The van der Waals surface area contributed by atoms with Gasteiger partial charge in [-0.05, 0) is 30.9 Å². The molecule has 0 bridgehead atoms. The Hall–Kier alpha value is -1.35. The monoisotopic (exact) mass is 223 g/mol. The van der Waals surface area contributed by atoms with E-state index in [0.29, 0.717) is 17.0 Å². The topological polar surface area (TPSA) is 49.7 Å². The van der Waals surface area contributed by atoms with E-state index in [1.165, 1.54) is 0 Å². The molecule has 0 heterocycles. The number of carbonyl (C=O) groups excluding carboxylic acids is 1. The van der Waals surface area contributed by atoms with Gasteiger partial charge in [0.15, 0.2) is 0 Å². The molecule has 1 aromatic carbocycles. The summed E-state index contributed by atoms with van der Waals surface area (Å²) in [5, 5.41) is 12.4. The smallest absolute Gasteiger partial charge is 0.210 e. The standard InChI is InChI=1S/C11H10ClNO2/c12-9-5-1-4-8-7(9)3-2-6-10(13-15)11(8)14/h1,4-5,15H,2-3,6H2. The molecule has 15 heavy (non-hydrogen) atoms. The summed E-state index contributed by atoms with van der Waals surface area (Å²) in [6.07, 6.45) is 2.03. The van der Waals surface area contributed by atoms with E-state index in [9.17, 15) is 4.79 Å². The Kier molecular flexibility index (Phi) is 2.73. The molecule has 2 rings (SSSR count). The Bertz CT molecular complexity index is 440. The van der Waals surface area contributed by atoms with Crippen LogP contribution in [0.5, 0.6) is 0 Å². The van der Waals surface area contributed by atoms with Crippen LogP contribution in [0, 0.1) is 0 Å². The average Bonchev–Trinajstić information content (AvgIpc) is 2.40. The molecule has 1 aliphatic rings. The van der Waals surface area contributed by atoms with E-state index in [4.69, 9.17) is 16.8 Å². The number of hydrogen-bond donors (Lipinski definition) is 1. The van der Waals surface area contributed by atoms with Crippen LogP contribution in [0.25, 0.3) is 0 Å². The largest absolute Gasteiger partial charge is 0.411 e. The number of carbonyl (C=O) groups is 1. The summed E-state index contributed by atoms with van der Waals surface area (Å²) in [5.74, 6) is -0.215. The molecule has 78 valence electrons. The minimum atomic E-state index is -0.215. The molecular weight excluding hydrogens is 214 g/mol. The second kappa shape index (κ2) is 4.03. The molecule has 1 aromatic rings. The summed E-state index contributed by atoms with van der Waals surface area (Å²) in [6.45, 7) is 0. The number of hydrogen-bond acceptors (Lipinski definition) is 3. The van der Waals surface area contributed by atoms with Crippen molar-refractivity contribution in [3.05, 3.63) is 34.3 Å². The lowest BCUT2D eigenvalue weighted by atomic mass is 10.0. The summed E-state index contributed by atoms with van der Waals surface area (Å²) >= 11 is 6.02. The fraction of sp³-hybridized carbons (Fsp3) is 0.273. The van der Waals surface area contributed by atoms with E-state index in [-0.39, 0.29) is 11.5 Å². The van der Waals surface area contributed by atoms with Crippen molar-refractivity contribution in [1.82, 2.24) is 0 Å². The number of Topliss-reactive ketones (excluding diaryl/α,β-unsaturated/α-hetero) is 1. The Morgan fingerprint density at radius 3 is 2.87 bits per heavy atom. The van der Waals surface area contributed by atoms with Crippen molar-refractivity contribution in [2.75, 3.05) is 0 Å². The highest BCUT2D eigenvalue weighted by Crippen LogP contribution is 2.26. The molecule has 0 radical (unpaired) electrons. The average molecular weight is 224 g/mol. The van der Waals surface area contributed by atoms with E-state index in [2.05, 4.69) is 5.16 Å². The highest BCUT2D eigenvalue weighted by atomic mass is 35.5. The van der Waals surface area contributed by atoms with Crippen molar-refractivity contribution in [1.29, 1.82) is 0 Å². The lowest BCUT2D eigenvalue weighted by Gasteiger charge is -2.05. The fourth-order valence-electron chi connectivity index (χ4n) is 1.82. The van der Waals surface area contributed by atoms with Crippen molar-refractivity contribution >= 4 is 23.1 Å². The second-order valence-corrected chi connectivity index (χ2v) is 3.90. The molecule has 0 aliphatic heterocycles. The maximum atomic E-state index is 11.9. The number of halogens is 1. The van der Waals surface area contributed by atoms with E-state index in [1.54, 1.807) is 18.2 Å². The van der Waals surface area contributed by atoms with Crippen LogP contribution in [0.1, 0.15) is 28.8 Å². The van der Waals surface area contributed by atoms with Gasteiger partial charge in [-0.2, -0.15) is 0 Å². The van der Waals surface area contributed by atoms with Gasteiger partial charge in [-0.15, -0.1) is 0 Å². The number of fused-ring (bicyclic) bond motifs is 1. The van der Waals surface area contributed by atoms with Gasteiger partial charge in [0.05, 0.1) is 0 Å². The van der Waals surface area contributed by atoms with Gasteiger partial charge in [-0.1, -0.05) is 28.9 Å². The van der Waals surface area contributed by atoms with E-state index >= 15 is 0 Å². The molecule has 1 N–H and O–H groups in total. The van der Waals surface area contributed by atoms with Crippen LogP contribution >= 0.6 is 11.6 Å². The van der Waals surface area contributed by atoms with Crippen molar-refractivity contribution < 1.29 is 10.0 Å². The first kappa shape index (κ1) is 10.2. The summed E-state index contributed by atoms with van der Waals surface area (Å²) < 4.78 is 0. The number of benzene rings is 1. The Morgan fingerprint density at radius 2 is 2.13 bits per heavy atom. The molecule has 0 aromatic heterocycles. The van der Waals surface area contributed by atoms with Crippen LogP contribution in [-0.2, 0) is 6.42 Å². The molecule has 0 atom stereocenters. The Morgan fingerprint density at radius 1 is 1.33 bits per heavy atom. The first-order valence-electron chi connectivity index (χ1n) is 4.77. The molecular formula is C11H10ClNO2. The SMILES string of the molecule is O=C1C(=NO)CCCc2c(Cl)cccc21. The third kappa shape index (κ3) is 1.75. The van der Waals surface area contributed by atoms with Gasteiger partial charge in [0.25, 0.3) is 0 Å². The number of ketones is 1. The summed E-state index contributed by atoms with van der Waals surface area (Å²) in [4.78, 5) is 11.9. The lowest BCUT2D eigenvalue weighted by Crippen LogP contribution is -2.13. The summed E-state index contributed by atoms with van der Waals surface area (Å²) in [5.41, 5.74) is 1.65. The number of nitrogens with zero attached hydrogens (tertiary/aromatic N) is 1. The van der Waals surface area contributed by atoms with Crippen LogP contribution in [0.15, 0.2) is 23.4 Å². The van der Waals surface area contributed by atoms with Gasteiger partial charge in [-0.25, -0.2) is 0 Å². The maximum absolute atomic E-state index is 11.9. The van der Waals surface area contributed by atoms with E-state index < -0.39 is 0 Å². The van der Waals surface area contributed by atoms with Crippen LogP contribution in [0.4, 0.5) is 0 Å². The van der Waals surface area contributed by atoms with Gasteiger partial charge in [0.2, 0.25) is 5.78 Å². The Labute approximate surface area is 92.4 Å². The first-order chi connectivity index (χ1) is 7.24. The quantitative estimate of drug-likeness (QED) is 0.418. The number of oxime groups is 1. The molecule has 0 saturated heterocycles. The molecule has 0 spiro atoms. The Balaban J connectivity index is 2.57. The molecule has 1 aliphatic carbocycles. The van der Waals surface area contributed by atoms with Gasteiger partial charge in [0, 0.05) is 10.6 Å². The summed E-state index contributed by atoms with van der Waals surface area (Å²) in [7, 11) is 0. The highest BCUT2D eigenvalue weighted by molar-refractivity contribution is 6.47. The van der Waals surface area contributed by atoms with Crippen molar-refractivity contribution in [2.24, 2.45) is 5.16 Å². The first-order valence-corrected chi connectivity index (χ1v) is 5.15. The molecule has 0 unspecified atom stereocenters. The predicted molar refractivity (Wildman–Crippen MR) is 57.9 cm³/mol. The number of rotatable bonds is 0. The molecule has 4 heteroatoms. The van der Waals surface area contributed by atoms with Gasteiger partial charge < -0.3 is 5.21 Å². The van der Waals surface area contributed by atoms with Crippen LogP contribution in [-0.4, -0.2) is 16.7 Å². The van der Waals surface area contributed by atoms with Crippen LogP contribution in [0.2, 0.25) is 5.02 Å². The third-order valence-electron chi connectivity index (χ3n) is 2.59. The maximum Gasteiger partial charge on any atom is 0.210 e. The van der Waals surface area contributed by atoms with Crippen molar-refractivity contribution in [3.63, 3.8) is 0 Å². The molecule has 0 amide bonds. The zero-order chi connectivity index (χ0) is 10.8.